The van der Waals surface area contributed by atoms with Gasteiger partial charge in [-0.15, -0.1) is 0 Å². The number of hydrogen-bond acceptors (Lipinski definition) is 7. The number of rotatable bonds is 13. The van der Waals surface area contributed by atoms with E-state index in [1.165, 1.54) is 24.1 Å². The van der Waals surface area contributed by atoms with Crippen molar-refractivity contribution < 1.29 is 27.7 Å². The molecule has 13 heteroatoms. The molecule has 2 amide bonds. The van der Waals surface area contributed by atoms with Crippen LogP contribution in [-0.4, -0.2) is 62.6 Å². The summed E-state index contributed by atoms with van der Waals surface area (Å²) < 4.78 is 32.0. The Kier molecular flexibility index (Phi) is 10.7. The van der Waals surface area contributed by atoms with E-state index >= 15 is 0 Å². The lowest BCUT2D eigenvalue weighted by Crippen LogP contribution is -2.53. The van der Waals surface area contributed by atoms with E-state index in [9.17, 15) is 28.1 Å². The Morgan fingerprint density at radius 3 is 2.32 bits per heavy atom. The van der Waals surface area contributed by atoms with Crippen molar-refractivity contribution in [1.82, 2.24) is 10.2 Å². The summed E-state index contributed by atoms with van der Waals surface area (Å²) in [5.74, 6) is -1.12. The highest BCUT2D eigenvalue weighted by molar-refractivity contribution is 7.92. The van der Waals surface area contributed by atoms with Gasteiger partial charge in [0.05, 0.1) is 18.3 Å². The van der Waals surface area contributed by atoms with Crippen LogP contribution in [0.25, 0.3) is 0 Å². The van der Waals surface area contributed by atoms with Crippen LogP contribution < -0.4 is 14.4 Å². The molecule has 3 aromatic carbocycles. The quantitative estimate of drug-likeness (QED) is 0.232. The lowest BCUT2D eigenvalue weighted by atomic mass is 10.0. The van der Waals surface area contributed by atoms with Gasteiger partial charge >= 0.3 is 0 Å². The van der Waals surface area contributed by atoms with E-state index in [0.717, 1.165) is 22.2 Å². The molecule has 1 atom stereocenters. The van der Waals surface area contributed by atoms with Gasteiger partial charge in [-0.05, 0) is 36.2 Å². The zero-order valence-electron chi connectivity index (χ0n) is 22.8. The van der Waals surface area contributed by atoms with Gasteiger partial charge < -0.3 is 15.0 Å². The molecular formula is C28H31ClN4O7S. The summed E-state index contributed by atoms with van der Waals surface area (Å²) in [7, 11) is -2.87. The topological polar surface area (TPSA) is 139 Å². The number of hydrogen-bond donors (Lipinski definition) is 1. The number of likely N-dealkylation sites (N-methyl/N-ethyl adjacent to an activating group) is 1. The summed E-state index contributed by atoms with van der Waals surface area (Å²) in [4.78, 5) is 39.5. The molecule has 0 radical (unpaired) electrons. The molecule has 0 aliphatic carbocycles. The Bertz CT molecular complexity index is 1500. The van der Waals surface area contributed by atoms with Crippen LogP contribution in [-0.2, 0) is 32.6 Å². The molecule has 3 aromatic rings. The third-order valence-corrected chi connectivity index (χ3v) is 7.55. The maximum Gasteiger partial charge on any atom is 0.271 e. The molecule has 0 unspecified atom stereocenters. The first-order valence-corrected chi connectivity index (χ1v) is 14.8. The molecule has 0 saturated carbocycles. The Hall–Kier alpha value is -4.16. The van der Waals surface area contributed by atoms with Crippen LogP contribution >= 0.6 is 11.6 Å². The summed E-state index contributed by atoms with van der Waals surface area (Å²) >= 11 is 6.19. The maximum atomic E-state index is 14.1. The summed E-state index contributed by atoms with van der Waals surface area (Å²) in [5, 5.41) is 14.6. The number of methoxy groups -OCH3 is 1. The molecule has 41 heavy (non-hydrogen) atoms. The van der Waals surface area contributed by atoms with Crippen LogP contribution in [0.4, 0.5) is 11.4 Å². The van der Waals surface area contributed by atoms with Crippen LogP contribution in [0.5, 0.6) is 5.75 Å². The summed E-state index contributed by atoms with van der Waals surface area (Å²) in [6.45, 7) is 1.25. The standard InChI is InChI=1S/C28H31ClN4O7S/c1-4-30-28(35)25(16-20-9-6-5-7-10-20)31(18-21-11-8-12-22(29)15-21)27(34)19-32(41(3,38)39)24-17-23(33(36)37)13-14-26(24)40-2/h5-15,17,25H,4,16,18-19H2,1-3H3,(H,30,35)/t25-/m1/s1. The second-order valence-corrected chi connectivity index (χ2v) is 11.5. The van der Waals surface area contributed by atoms with Gasteiger partial charge in [-0.25, -0.2) is 8.42 Å². The molecule has 3 rings (SSSR count). The molecule has 0 heterocycles. The van der Waals surface area contributed by atoms with Crippen molar-refractivity contribution in [2.45, 2.75) is 25.9 Å². The summed E-state index contributed by atoms with van der Waals surface area (Å²) in [6.07, 6.45) is 1.03. The minimum absolute atomic E-state index is 0.0137. The highest BCUT2D eigenvalue weighted by Crippen LogP contribution is 2.34. The van der Waals surface area contributed by atoms with Crippen LogP contribution in [0.1, 0.15) is 18.1 Å². The fourth-order valence-electron chi connectivity index (χ4n) is 4.26. The molecule has 0 aliphatic heterocycles. The lowest BCUT2D eigenvalue weighted by Gasteiger charge is -2.33. The average Bonchev–Trinajstić information content (AvgIpc) is 2.93. The molecule has 0 fully saturated rings. The van der Waals surface area contributed by atoms with E-state index in [1.54, 1.807) is 31.2 Å². The van der Waals surface area contributed by atoms with Crippen LogP contribution in [0.3, 0.4) is 0 Å². The number of nitrogens with one attached hydrogen (secondary N) is 1. The van der Waals surface area contributed by atoms with Crippen molar-refractivity contribution in [3.05, 3.63) is 99.1 Å². The number of nitro groups is 1. The van der Waals surface area contributed by atoms with E-state index in [0.29, 0.717) is 17.1 Å². The summed E-state index contributed by atoms with van der Waals surface area (Å²) in [6, 6.07) is 18.3. The van der Waals surface area contributed by atoms with Crippen molar-refractivity contribution >= 4 is 44.8 Å². The van der Waals surface area contributed by atoms with Gasteiger partial charge in [0, 0.05) is 36.7 Å². The number of anilines is 1. The first-order chi connectivity index (χ1) is 19.4. The van der Waals surface area contributed by atoms with E-state index in [2.05, 4.69) is 5.32 Å². The van der Waals surface area contributed by atoms with Crippen molar-refractivity contribution in [2.75, 3.05) is 30.8 Å². The zero-order chi connectivity index (χ0) is 30.2. The summed E-state index contributed by atoms with van der Waals surface area (Å²) in [5.41, 5.74) is 0.833. The van der Waals surface area contributed by atoms with Crippen molar-refractivity contribution in [2.24, 2.45) is 0 Å². The third kappa shape index (κ3) is 8.41. The van der Waals surface area contributed by atoms with Gasteiger partial charge in [-0.1, -0.05) is 54.1 Å². The van der Waals surface area contributed by atoms with Crippen molar-refractivity contribution in [3.8, 4) is 5.75 Å². The molecule has 0 saturated heterocycles. The Balaban J connectivity index is 2.11. The third-order valence-electron chi connectivity index (χ3n) is 6.19. The minimum Gasteiger partial charge on any atom is -0.495 e. The van der Waals surface area contributed by atoms with E-state index in [1.807, 2.05) is 30.3 Å². The lowest BCUT2D eigenvalue weighted by molar-refractivity contribution is -0.384. The van der Waals surface area contributed by atoms with E-state index < -0.39 is 39.3 Å². The Labute approximate surface area is 243 Å². The molecule has 0 aromatic heterocycles. The van der Waals surface area contributed by atoms with Crippen molar-refractivity contribution in [1.29, 1.82) is 0 Å². The number of nitro benzene ring substituents is 1. The van der Waals surface area contributed by atoms with Gasteiger partial charge in [-0.3, -0.25) is 24.0 Å². The zero-order valence-corrected chi connectivity index (χ0v) is 24.4. The number of amides is 2. The molecule has 0 spiro atoms. The maximum absolute atomic E-state index is 14.1. The fraction of sp³-hybridized carbons (Fsp3) is 0.286. The van der Waals surface area contributed by atoms with Crippen molar-refractivity contribution in [3.63, 3.8) is 0 Å². The smallest absolute Gasteiger partial charge is 0.271 e. The largest absolute Gasteiger partial charge is 0.495 e. The normalized spacial score (nSPS) is 11.8. The van der Waals surface area contributed by atoms with Gasteiger partial charge in [0.25, 0.3) is 5.69 Å². The Morgan fingerprint density at radius 2 is 1.73 bits per heavy atom. The van der Waals surface area contributed by atoms with Crippen LogP contribution in [0.2, 0.25) is 5.02 Å². The van der Waals surface area contributed by atoms with Gasteiger partial charge in [0.2, 0.25) is 21.8 Å². The van der Waals surface area contributed by atoms with Gasteiger partial charge in [0.1, 0.15) is 24.0 Å². The second kappa shape index (κ2) is 14.0. The van der Waals surface area contributed by atoms with Crippen LogP contribution in [0.15, 0.2) is 72.8 Å². The van der Waals surface area contributed by atoms with E-state index in [4.69, 9.17) is 16.3 Å². The number of carbonyl (C=O) groups is 2. The first kappa shape index (κ1) is 31.4. The number of halogens is 1. The monoisotopic (exact) mass is 602 g/mol. The number of sulfonamides is 1. The van der Waals surface area contributed by atoms with E-state index in [-0.39, 0.29) is 30.1 Å². The Morgan fingerprint density at radius 1 is 1.05 bits per heavy atom. The van der Waals surface area contributed by atoms with Gasteiger partial charge in [-0.2, -0.15) is 0 Å². The number of benzene rings is 3. The highest BCUT2D eigenvalue weighted by atomic mass is 35.5. The molecule has 218 valence electrons. The number of ether oxygens (including phenoxy) is 1. The predicted molar refractivity (Wildman–Crippen MR) is 156 cm³/mol. The molecule has 0 aliphatic rings. The number of nitrogens with zero attached hydrogens (tertiary/aromatic N) is 3. The van der Waals surface area contributed by atoms with Crippen LogP contribution in [0, 0.1) is 10.1 Å². The fourth-order valence-corrected chi connectivity index (χ4v) is 5.32. The molecule has 0 bridgehead atoms. The molecule has 1 N–H and O–H groups in total. The first-order valence-electron chi connectivity index (χ1n) is 12.6. The predicted octanol–water partition coefficient (Wildman–Crippen LogP) is 3.80. The number of carbonyl (C=O) groups excluding carboxylic acids is 2. The minimum atomic E-state index is -4.15. The van der Waals surface area contributed by atoms with Gasteiger partial charge in [0.15, 0.2) is 0 Å². The number of non-ortho nitro benzene ring substituents is 1. The molecule has 11 nitrogen and oxygen atoms in total. The molecular weight excluding hydrogens is 572 g/mol. The second-order valence-electron chi connectivity index (χ2n) is 9.13. The SMILES string of the molecule is CCNC(=O)[C@@H](Cc1ccccc1)N(Cc1cccc(Cl)c1)C(=O)CN(c1cc([N+](=O)[O-])ccc1OC)S(C)(=O)=O. The highest BCUT2D eigenvalue weighted by Gasteiger charge is 2.34. The average molecular weight is 603 g/mol.